The molecule has 1 aliphatic heterocycles. The molecule has 2 aromatic carbocycles. The Bertz CT molecular complexity index is 982. The number of carbonyl (C=O) groups is 1. The van der Waals surface area contributed by atoms with Gasteiger partial charge in [-0.2, -0.15) is 0 Å². The van der Waals surface area contributed by atoms with Crippen LogP contribution in [0.5, 0.6) is 0 Å². The summed E-state index contributed by atoms with van der Waals surface area (Å²) >= 11 is 0. The minimum Gasteiger partial charge on any atom is -0.394 e. The van der Waals surface area contributed by atoms with Gasteiger partial charge in [-0.15, -0.1) is 5.10 Å². The summed E-state index contributed by atoms with van der Waals surface area (Å²) in [5.74, 6) is -0.867. The van der Waals surface area contributed by atoms with Gasteiger partial charge in [-0.25, -0.2) is 9.67 Å². The molecule has 0 unspecified atom stereocenters. The monoisotopic (exact) mass is 424 g/mol. The number of hydrogen-bond donors (Lipinski definition) is 2. The van der Waals surface area contributed by atoms with Gasteiger partial charge in [-0.05, 0) is 11.1 Å². The fraction of sp³-hybridized carbons (Fsp3) is 0.318. The van der Waals surface area contributed by atoms with Crippen LogP contribution in [0.15, 0.2) is 67.0 Å². The van der Waals surface area contributed by atoms with Crippen molar-refractivity contribution in [1.29, 1.82) is 0 Å². The van der Waals surface area contributed by atoms with Gasteiger partial charge in [0.2, 0.25) is 5.82 Å². The molecule has 1 aliphatic rings. The van der Waals surface area contributed by atoms with Crippen molar-refractivity contribution in [3.8, 4) is 0 Å². The van der Waals surface area contributed by atoms with Crippen LogP contribution in [-0.2, 0) is 27.4 Å². The van der Waals surface area contributed by atoms with Crippen LogP contribution in [-0.4, -0.2) is 50.7 Å². The summed E-state index contributed by atoms with van der Waals surface area (Å²) in [7, 11) is 0. The first-order valence-corrected chi connectivity index (χ1v) is 9.94. The largest absolute Gasteiger partial charge is 0.394 e. The van der Waals surface area contributed by atoms with E-state index in [4.69, 9.17) is 19.9 Å². The molecular formula is C22H24N4O5. The quantitative estimate of drug-likeness (QED) is 0.533. The lowest BCUT2D eigenvalue weighted by atomic mass is 10.1. The van der Waals surface area contributed by atoms with Gasteiger partial charge in [0.15, 0.2) is 6.23 Å². The second-order valence-electron chi connectivity index (χ2n) is 7.18. The minimum absolute atomic E-state index is 0.125. The van der Waals surface area contributed by atoms with Gasteiger partial charge >= 0.3 is 0 Å². The van der Waals surface area contributed by atoms with Crippen LogP contribution in [0.1, 0.15) is 28.0 Å². The molecule has 9 nitrogen and oxygen atoms in total. The molecule has 4 rings (SSSR count). The van der Waals surface area contributed by atoms with Crippen LogP contribution in [0.2, 0.25) is 0 Å². The molecule has 31 heavy (non-hydrogen) atoms. The van der Waals surface area contributed by atoms with Crippen LogP contribution < -0.4 is 5.73 Å². The number of aromatic nitrogens is 3. The second kappa shape index (κ2) is 9.80. The fourth-order valence-electron chi connectivity index (χ4n) is 3.49. The molecule has 1 aromatic heterocycles. The topological polar surface area (TPSA) is 122 Å². The van der Waals surface area contributed by atoms with Gasteiger partial charge in [0, 0.05) is 0 Å². The van der Waals surface area contributed by atoms with Gasteiger partial charge in [-0.1, -0.05) is 60.7 Å². The molecule has 3 N–H and O–H groups in total. The predicted molar refractivity (Wildman–Crippen MR) is 110 cm³/mol. The Morgan fingerprint density at radius 3 is 2.10 bits per heavy atom. The van der Waals surface area contributed by atoms with E-state index in [1.54, 1.807) is 0 Å². The van der Waals surface area contributed by atoms with E-state index >= 15 is 0 Å². The number of hydrogen-bond acceptors (Lipinski definition) is 7. The van der Waals surface area contributed by atoms with Crippen LogP contribution in [0.25, 0.3) is 0 Å². The Morgan fingerprint density at radius 1 is 1.00 bits per heavy atom. The molecular weight excluding hydrogens is 400 g/mol. The first kappa shape index (κ1) is 21.1. The molecule has 1 amide bonds. The lowest BCUT2D eigenvalue weighted by Gasteiger charge is -2.24. The van der Waals surface area contributed by atoms with E-state index in [1.807, 2.05) is 60.7 Å². The van der Waals surface area contributed by atoms with E-state index in [0.717, 1.165) is 11.1 Å². The van der Waals surface area contributed by atoms with Crippen molar-refractivity contribution in [3.63, 3.8) is 0 Å². The standard InChI is InChI=1S/C22H24N4O5/c23-20(28)21-24-14-26(25-21)22-19(30-13-16-9-5-2-6-10-16)18(17(11-27)31-22)29-12-15-7-3-1-4-8-15/h1-10,14,17-19,22,27H,11-13H2,(H2,23,28)/t17-,18-,19-,22-/m1/s1. The van der Waals surface area contributed by atoms with Gasteiger partial charge < -0.3 is 25.1 Å². The van der Waals surface area contributed by atoms with E-state index in [9.17, 15) is 9.90 Å². The maximum absolute atomic E-state index is 11.4. The normalized spacial score (nSPS) is 23.1. The molecule has 162 valence electrons. The smallest absolute Gasteiger partial charge is 0.288 e. The van der Waals surface area contributed by atoms with Gasteiger partial charge in [-0.3, -0.25) is 4.79 Å². The Balaban J connectivity index is 1.56. The Morgan fingerprint density at radius 2 is 1.58 bits per heavy atom. The zero-order valence-corrected chi connectivity index (χ0v) is 16.8. The number of rotatable bonds is 9. The van der Waals surface area contributed by atoms with E-state index in [-0.39, 0.29) is 12.4 Å². The van der Waals surface area contributed by atoms with Gasteiger partial charge in [0.25, 0.3) is 5.91 Å². The lowest BCUT2D eigenvalue weighted by molar-refractivity contribution is -0.0932. The summed E-state index contributed by atoms with van der Waals surface area (Å²) in [4.78, 5) is 15.3. The van der Waals surface area contributed by atoms with Crippen molar-refractivity contribution in [2.75, 3.05) is 6.61 Å². The molecule has 4 atom stereocenters. The third-order valence-corrected chi connectivity index (χ3v) is 5.03. The summed E-state index contributed by atoms with van der Waals surface area (Å²) in [6, 6.07) is 19.4. The van der Waals surface area contributed by atoms with E-state index < -0.39 is 30.4 Å². The maximum atomic E-state index is 11.4. The van der Waals surface area contributed by atoms with Crippen molar-refractivity contribution in [2.45, 2.75) is 37.8 Å². The summed E-state index contributed by atoms with van der Waals surface area (Å²) < 4.78 is 19.7. The zero-order chi connectivity index (χ0) is 21.6. The molecule has 1 saturated heterocycles. The van der Waals surface area contributed by atoms with Crippen molar-refractivity contribution in [3.05, 3.63) is 83.9 Å². The lowest BCUT2D eigenvalue weighted by Crippen LogP contribution is -2.38. The van der Waals surface area contributed by atoms with Gasteiger partial charge in [0.05, 0.1) is 19.8 Å². The van der Waals surface area contributed by atoms with Crippen LogP contribution in [0.4, 0.5) is 0 Å². The first-order valence-electron chi connectivity index (χ1n) is 9.94. The zero-order valence-electron chi connectivity index (χ0n) is 16.8. The molecule has 0 spiro atoms. The van der Waals surface area contributed by atoms with E-state index in [1.165, 1.54) is 11.0 Å². The Kier molecular flexibility index (Phi) is 6.68. The van der Waals surface area contributed by atoms with Crippen molar-refractivity contribution < 1.29 is 24.1 Å². The first-order chi connectivity index (χ1) is 15.2. The van der Waals surface area contributed by atoms with Crippen LogP contribution in [0.3, 0.4) is 0 Å². The van der Waals surface area contributed by atoms with Crippen LogP contribution in [0, 0.1) is 0 Å². The number of amides is 1. The number of carbonyl (C=O) groups excluding carboxylic acids is 1. The number of aliphatic hydroxyl groups is 1. The molecule has 3 aromatic rings. The van der Waals surface area contributed by atoms with E-state index in [0.29, 0.717) is 13.2 Å². The third-order valence-electron chi connectivity index (χ3n) is 5.03. The molecule has 0 aliphatic carbocycles. The van der Waals surface area contributed by atoms with Crippen LogP contribution >= 0.6 is 0 Å². The molecule has 9 heteroatoms. The fourth-order valence-corrected chi connectivity index (χ4v) is 3.49. The van der Waals surface area contributed by atoms with Crippen molar-refractivity contribution in [1.82, 2.24) is 14.8 Å². The predicted octanol–water partition coefficient (Wildman–Crippen LogP) is 1.44. The third kappa shape index (κ3) is 4.97. The average Bonchev–Trinajstić information content (AvgIpc) is 3.42. The number of primary amides is 1. The number of nitrogens with two attached hydrogens (primary N) is 1. The summed E-state index contributed by atoms with van der Waals surface area (Å²) in [5.41, 5.74) is 7.24. The highest BCUT2D eigenvalue weighted by Crippen LogP contribution is 2.34. The Labute approximate surface area is 179 Å². The summed E-state index contributed by atoms with van der Waals surface area (Å²) in [6.07, 6.45) is -1.21. The molecule has 1 fully saturated rings. The highest BCUT2D eigenvalue weighted by Gasteiger charge is 2.47. The highest BCUT2D eigenvalue weighted by atomic mass is 16.6. The van der Waals surface area contributed by atoms with Gasteiger partial charge in [0.1, 0.15) is 24.6 Å². The average molecular weight is 424 g/mol. The van der Waals surface area contributed by atoms with Crippen molar-refractivity contribution in [2.24, 2.45) is 5.73 Å². The molecule has 2 heterocycles. The molecule has 0 radical (unpaired) electrons. The number of benzene rings is 2. The summed E-state index contributed by atoms with van der Waals surface area (Å²) in [6.45, 7) is 0.373. The highest BCUT2D eigenvalue weighted by molar-refractivity contribution is 5.88. The maximum Gasteiger partial charge on any atom is 0.288 e. The number of ether oxygens (including phenoxy) is 3. The molecule has 0 bridgehead atoms. The molecule has 0 saturated carbocycles. The number of aliphatic hydroxyl groups excluding tert-OH is 1. The second-order valence-corrected chi connectivity index (χ2v) is 7.18. The minimum atomic E-state index is -0.748. The Hall–Kier alpha value is -3.11. The SMILES string of the molecule is NC(=O)c1ncn([C@@H]2O[C@H](CO)[C@@H](OCc3ccccc3)[C@H]2OCc2ccccc2)n1. The number of nitrogens with zero attached hydrogens (tertiary/aromatic N) is 3. The van der Waals surface area contributed by atoms with Crippen molar-refractivity contribution >= 4 is 5.91 Å². The summed E-state index contributed by atoms with van der Waals surface area (Å²) in [5, 5.41) is 14.0. The van der Waals surface area contributed by atoms with E-state index in [2.05, 4.69) is 10.1 Å².